The Kier molecular flexibility index (Phi) is 4.62. The maximum absolute atomic E-state index is 11.9. The lowest BCUT2D eigenvalue weighted by molar-refractivity contribution is 0.301. The first-order chi connectivity index (χ1) is 9.94. The molecule has 0 aliphatic rings. The fraction of sp³-hybridized carbons (Fsp3) is 0.200. The summed E-state index contributed by atoms with van der Waals surface area (Å²) in [5, 5.41) is 8.69. The van der Waals surface area contributed by atoms with Crippen LogP contribution in [-0.4, -0.2) is 26.7 Å². The van der Waals surface area contributed by atoms with Crippen LogP contribution in [0.4, 0.5) is 5.69 Å². The molecule has 0 fully saturated rings. The summed E-state index contributed by atoms with van der Waals surface area (Å²) in [5.41, 5.74) is 9.40. The van der Waals surface area contributed by atoms with Gasteiger partial charge in [-0.25, -0.2) is 13.1 Å². The van der Waals surface area contributed by atoms with Crippen molar-refractivity contribution < 1.29 is 13.5 Å². The van der Waals surface area contributed by atoms with Gasteiger partial charge >= 0.3 is 0 Å². The van der Waals surface area contributed by atoms with Gasteiger partial charge in [-0.2, -0.15) is 0 Å². The number of nitrogen functional groups attached to an aromatic ring is 1. The van der Waals surface area contributed by atoms with Crippen molar-refractivity contribution in [3.63, 3.8) is 0 Å². The van der Waals surface area contributed by atoms with Crippen molar-refractivity contribution in [2.45, 2.75) is 11.8 Å². The van der Waals surface area contributed by atoms with E-state index in [4.69, 9.17) is 10.8 Å². The standard InChI is InChI=1S/C15H18N2O3S/c1-11-2-5-13(16)10-15(11)12-3-6-14(7-4-12)21(19,20)17-8-9-18/h2-7,10,17-18H,8-9,16H2,1H3. The molecular weight excluding hydrogens is 288 g/mol. The minimum absolute atomic E-state index is 0.00158. The molecule has 0 atom stereocenters. The van der Waals surface area contributed by atoms with Gasteiger partial charge in [-0.3, -0.25) is 0 Å². The lowest BCUT2D eigenvalue weighted by Crippen LogP contribution is -2.26. The van der Waals surface area contributed by atoms with Gasteiger partial charge in [0.05, 0.1) is 11.5 Å². The van der Waals surface area contributed by atoms with E-state index >= 15 is 0 Å². The largest absolute Gasteiger partial charge is 0.399 e. The predicted molar refractivity (Wildman–Crippen MR) is 83.3 cm³/mol. The van der Waals surface area contributed by atoms with Crippen LogP contribution < -0.4 is 10.5 Å². The highest BCUT2D eigenvalue weighted by atomic mass is 32.2. The lowest BCUT2D eigenvalue weighted by Gasteiger charge is -2.09. The van der Waals surface area contributed by atoms with Gasteiger partial charge in [-0.05, 0) is 47.9 Å². The molecule has 2 rings (SSSR count). The molecule has 0 aliphatic carbocycles. The molecule has 5 nitrogen and oxygen atoms in total. The summed E-state index contributed by atoms with van der Waals surface area (Å²) < 4.78 is 26.1. The third kappa shape index (κ3) is 3.60. The molecule has 0 aliphatic heterocycles. The molecule has 0 saturated carbocycles. The molecule has 0 aromatic heterocycles. The van der Waals surface area contributed by atoms with Crippen molar-refractivity contribution in [3.05, 3.63) is 48.0 Å². The smallest absolute Gasteiger partial charge is 0.240 e. The second kappa shape index (κ2) is 6.26. The van der Waals surface area contributed by atoms with E-state index in [2.05, 4.69) is 4.72 Å². The zero-order valence-electron chi connectivity index (χ0n) is 11.7. The molecule has 0 amide bonds. The normalized spacial score (nSPS) is 11.5. The van der Waals surface area contributed by atoms with E-state index in [0.717, 1.165) is 16.7 Å². The number of aryl methyl sites for hydroxylation is 1. The number of hydrogen-bond donors (Lipinski definition) is 3. The average molecular weight is 306 g/mol. The average Bonchev–Trinajstić information content (AvgIpc) is 2.48. The number of rotatable bonds is 5. The number of aliphatic hydroxyl groups excluding tert-OH is 1. The van der Waals surface area contributed by atoms with Crippen molar-refractivity contribution in [1.82, 2.24) is 4.72 Å². The van der Waals surface area contributed by atoms with E-state index in [1.165, 1.54) is 12.1 Å². The van der Waals surface area contributed by atoms with Crippen LogP contribution in [0.25, 0.3) is 11.1 Å². The van der Waals surface area contributed by atoms with Gasteiger partial charge in [0.25, 0.3) is 0 Å². The van der Waals surface area contributed by atoms with Gasteiger partial charge in [0.15, 0.2) is 0 Å². The molecule has 0 saturated heterocycles. The van der Waals surface area contributed by atoms with Crippen molar-refractivity contribution >= 4 is 15.7 Å². The summed E-state index contributed by atoms with van der Waals surface area (Å²) in [4.78, 5) is 0.168. The number of sulfonamides is 1. The van der Waals surface area contributed by atoms with E-state index in [-0.39, 0.29) is 18.0 Å². The Bertz CT molecular complexity index is 725. The van der Waals surface area contributed by atoms with Gasteiger partial charge in [-0.15, -0.1) is 0 Å². The summed E-state index contributed by atoms with van der Waals surface area (Å²) in [6.07, 6.45) is 0. The molecule has 0 radical (unpaired) electrons. The van der Waals surface area contributed by atoms with Crippen molar-refractivity contribution in [2.24, 2.45) is 0 Å². The van der Waals surface area contributed by atoms with Crippen LogP contribution in [-0.2, 0) is 10.0 Å². The molecule has 0 bridgehead atoms. The van der Waals surface area contributed by atoms with Gasteiger partial charge < -0.3 is 10.8 Å². The van der Waals surface area contributed by atoms with Crippen LogP contribution in [0.15, 0.2) is 47.4 Å². The quantitative estimate of drug-likeness (QED) is 0.730. The fourth-order valence-electron chi connectivity index (χ4n) is 2.03. The monoisotopic (exact) mass is 306 g/mol. The molecule has 21 heavy (non-hydrogen) atoms. The third-order valence-corrected chi connectivity index (χ3v) is 4.62. The van der Waals surface area contributed by atoms with Gasteiger partial charge in [-0.1, -0.05) is 18.2 Å². The zero-order chi connectivity index (χ0) is 15.5. The Hall–Kier alpha value is -1.89. The summed E-state index contributed by atoms with van der Waals surface area (Å²) in [5.74, 6) is 0. The molecule has 4 N–H and O–H groups in total. The Morgan fingerprint density at radius 3 is 2.43 bits per heavy atom. The highest BCUT2D eigenvalue weighted by molar-refractivity contribution is 7.89. The van der Waals surface area contributed by atoms with Crippen molar-refractivity contribution in [1.29, 1.82) is 0 Å². The van der Waals surface area contributed by atoms with Gasteiger partial charge in [0.1, 0.15) is 0 Å². The zero-order valence-corrected chi connectivity index (χ0v) is 12.5. The molecule has 2 aromatic carbocycles. The van der Waals surface area contributed by atoms with Crippen molar-refractivity contribution in [3.8, 4) is 11.1 Å². The van der Waals surface area contributed by atoms with E-state index in [1.54, 1.807) is 12.1 Å². The Morgan fingerprint density at radius 1 is 1.14 bits per heavy atom. The van der Waals surface area contributed by atoms with Crippen LogP contribution >= 0.6 is 0 Å². The molecule has 0 unspecified atom stereocenters. The first-order valence-corrected chi connectivity index (χ1v) is 7.99. The number of nitrogens with one attached hydrogen (secondary N) is 1. The van der Waals surface area contributed by atoms with E-state index < -0.39 is 10.0 Å². The predicted octanol–water partition coefficient (Wildman–Crippen LogP) is 1.51. The first kappa shape index (κ1) is 15.5. The highest BCUT2D eigenvalue weighted by Gasteiger charge is 2.13. The molecule has 112 valence electrons. The molecule has 0 spiro atoms. The van der Waals surface area contributed by atoms with Crippen LogP contribution in [0.5, 0.6) is 0 Å². The lowest BCUT2D eigenvalue weighted by atomic mass is 10.0. The SMILES string of the molecule is Cc1ccc(N)cc1-c1ccc(S(=O)(=O)NCCO)cc1. The number of aliphatic hydroxyl groups is 1. The van der Waals surface area contributed by atoms with Crippen LogP contribution in [0, 0.1) is 6.92 Å². The summed E-state index contributed by atoms with van der Waals surface area (Å²) >= 11 is 0. The Balaban J connectivity index is 2.33. The Labute approximate surface area is 124 Å². The number of benzene rings is 2. The van der Waals surface area contributed by atoms with E-state index in [0.29, 0.717) is 5.69 Å². The molecule has 2 aromatic rings. The maximum atomic E-state index is 11.9. The number of hydrogen-bond acceptors (Lipinski definition) is 4. The second-order valence-electron chi connectivity index (χ2n) is 4.72. The van der Waals surface area contributed by atoms with Crippen LogP contribution in [0.2, 0.25) is 0 Å². The van der Waals surface area contributed by atoms with E-state index in [9.17, 15) is 8.42 Å². The highest BCUT2D eigenvalue weighted by Crippen LogP contribution is 2.26. The summed E-state index contributed by atoms with van der Waals surface area (Å²) in [7, 11) is -3.57. The maximum Gasteiger partial charge on any atom is 0.240 e. The summed E-state index contributed by atoms with van der Waals surface area (Å²) in [6, 6.07) is 12.2. The van der Waals surface area contributed by atoms with Crippen molar-refractivity contribution in [2.75, 3.05) is 18.9 Å². The minimum Gasteiger partial charge on any atom is -0.399 e. The van der Waals surface area contributed by atoms with Crippen LogP contribution in [0.3, 0.4) is 0 Å². The van der Waals surface area contributed by atoms with E-state index in [1.807, 2.05) is 25.1 Å². The summed E-state index contributed by atoms with van der Waals surface area (Å²) in [6.45, 7) is 1.74. The Morgan fingerprint density at radius 2 is 1.81 bits per heavy atom. The second-order valence-corrected chi connectivity index (χ2v) is 6.49. The first-order valence-electron chi connectivity index (χ1n) is 6.51. The molecular formula is C15H18N2O3S. The molecule has 0 heterocycles. The van der Waals surface area contributed by atoms with Gasteiger partial charge in [0, 0.05) is 12.2 Å². The third-order valence-electron chi connectivity index (χ3n) is 3.14. The molecule has 6 heteroatoms. The number of nitrogens with two attached hydrogens (primary N) is 1. The minimum atomic E-state index is -3.57. The topological polar surface area (TPSA) is 92.4 Å². The van der Waals surface area contributed by atoms with Crippen LogP contribution in [0.1, 0.15) is 5.56 Å². The number of anilines is 1. The van der Waals surface area contributed by atoms with Gasteiger partial charge in [0.2, 0.25) is 10.0 Å². The fourth-order valence-corrected chi connectivity index (χ4v) is 3.05.